The molecular formula is C21H22FN3O3. The largest absolute Gasteiger partial charge is 0.497 e. The van der Waals surface area contributed by atoms with Crippen LogP contribution < -0.4 is 14.8 Å². The molecule has 6 nitrogen and oxygen atoms in total. The Labute approximate surface area is 163 Å². The highest BCUT2D eigenvalue weighted by atomic mass is 19.1. The van der Waals surface area contributed by atoms with Crippen LogP contribution in [-0.4, -0.2) is 37.7 Å². The van der Waals surface area contributed by atoms with Crippen LogP contribution in [0.3, 0.4) is 0 Å². The Hall–Kier alpha value is -3.27. The SMILES string of the molecule is COc1ccc(OCC2CCN(C(=O)Nc3ccc(C#N)cc3F)CC2)cc1. The van der Waals surface area contributed by atoms with Gasteiger partial charge in [-0.25, -0.2) is 9.18 Å². The van der Waals surface area contributed by atoms with Gasteiger partial charge in [-0.3, -0.25) is 0 Å². The molecule has 0 unspecified atom stereocenters. The Kier molecular flexibility index (Phi) is 6.33. The fraction of sp³-hybridized carbons (Fsp3) is 0.333. The van der Waals surface area contributed by atoms with Crippen LogP contribution in [0.1, 0.15) is 18.4 Å². The molecule has 0 aliphatic carbocycles. The summed E-state index contributed by atoms with van der Waals surface area (Å²) in [5.41, 5.74) is 0.294. The summed E-state index contributed by atoms with van der Waals surface area (Å²) < 4.78 is 24.9. The molecule has 146 valence electrons. The number of rotatable bonds is 5. The van der Waals surface area contributed by atoms with Crippen molar-refractivity contribution in [3.05, 3.63) is 53.8 Å². The van der Waals surface area contributed by atoms with Crippen LogP contribution in [0.2, 0.25) is 0 Å². The molecule has 3 rings (SSSR count). The second-order valence-corrected chi connectivity index (χ2v) is 6.65. The van der Waals surface area contributed by atoms with Crippen LogP contribution in [0.4, 0.5) is 14.9 Å². The first-order valence-electron chi connectivity index (χ1n) is 9.11. The van der Waals surface area contributed by atoms with Gasteiger partial charge in [0.15, 0.2) is 0 Å². The third kappa shape index (κ3) is 4.92. The molecule has 0 aromatic heterocycles. The minimum Gasteiger partial charge on any atom is -0.497 e. The second kappa shape index (κ2) is 9.09. The van der Waals surface area contributed by atoms with E-state index < -0.39 is 5.82 Å². The first kappa shape index (κ1) is 19.5. The minimum atomic E-state index is -0.616. The van der Waals surface area contributed by atoms with E-state index in [0.29, 0.717) is 25.6 Å². The second-order valence-electron chi connectivity index (χ2n) is 6.65. The van der Waals surface area contributed by atoms with Gasteiger partial charge >= 0.3 is 6.03 Å². The highest BCUT2D eigenvalue weighted by Crippen LogP contribution is 2.22. The van der Waals surface area contributed by atoms with Crippen LogP contribution in [0, 0.1) is 23.1 Å². The van der Waals surface area contributed by atoms with Crippen LogP contribution >= 0.6 is 0 Å². The number of hydrogen-bond donors (Lipinski definition) is 1. The van der Waals surface area contributed by atoms with Crippen LogP contribution in [0.5, 0.6) is 11.5 Å². The molecule has 0 atom stereocenters. The number of carbonyl (C=O) groups is 1. The number of ether oxygens (including phenoxy) is 2. The number of methoxy groups -OCH3 is 1. The molecule has 1 aliphatic heterocycles. The fourth-order valence-corrected chi connectivity index (χ4v) is 3.07. The molecule has 28 heavy (non-hydrogen) atoms. The molecule has 2 aromatic carbocycles. The monoisotopic (exact) mass is 383 g/mol. The summed E-state index contributed by atoms with van der Waals surface area (Å²) in [6.45, 7) is 1.76. The Morgan fingerprint density at radius 1 is 1.21 bits per heavy atom. The van der Waals surface area contributed by atoms with Gasteiger partial charge in [0.05, 0.1) is 31.0 Å². The molecule has 0 radical (unpaired) electrons. The minimum absolute atomic E-state index is 0.0777. The van der Waals surface area contributed by atoms with Gasteiger partial charge in [-0.05, 0) is 61.2 Å². The number of nitriles is 1. The number of carbonyl (C=O) groups excluding carboxylic acids is 1. The third-order valence-corrected chi connectivity index (χ3v) is 4.79. The van der Waals surface area contributed by atoms with Gasteiger partial charge in [0.25, 0.3) is 0 Å². The number of nitrogens with one attached hydrogen (secondary N) is 1. The maximum Gasteiger partial charge on any atom is 0.321 e. The van der Waals surface area contributed by atoms with Crippen molar-refractivity contribution >= 4 is 11.7 Å². The van der Waals surface area contributed by atoms with Crippen LogP contribution in [0.15, 0.2) is 42.5 Å². The van der Waals surface area contributed by atoms with Crippen molar-refractivity contribution in [1.82, 2.24) is 4.90 Å². The zero-order valence-corrected chi connectivity index (χ0v) is 15.7. The van der Waals surface area contributed by atoms with E-state index in [2.05, 4.69) is 5.32 Å². The highest BCUT2D eigenvalue weighted by molar-refractivity contribution is 5.89. The van der Waals surface area contributed by atoms with Gasteiger partial charge in [0.1, 0.15) is 17.3 Å². The summed E-state index contributed by atoms with van der Waals surface area (Å²) in [6, 6.07) is 13.0. The summed E-state index contributed by atoms with van der Waals surface area (Å²) in [6.07, 6.45) is 1.64. The molecule has 0 saturated carbocycles. The van der Waals surface area contributed by atoms with Crippen molar-refractivity contribution in [3.8, 4) is 17.6 Å². The number of piperidine rings is 1. The van der Waals surface area contributed by atoms with Crippen molar-refractivity contribution < 1.29 is 18.7 Å². The molecule has 1 fully saturated rings. The predicted octanol–water partition coefficient (Wildman–Crippen LogP) is 4.03. The van der Waals surface area contributed by atoms with Gasteiger partial charge in [0, 0.05) is 13.1 Å². The molecule has 0 spiro atoms. The topological polar surface area (TPSA) is 74.6 Å². The highest BCUT2D eigenvalue weighted by Gasteiger charge is 2.24. The number of urea groups is 1. The number of anilines is 1. The maximum atomic E-state index is 13.9. The van der Waals surface area contributed by atoms with Crippen molar-refractivity contribution in [2.75, 3.05) is 32.1 Å². The predicted molar refractivity (Wildman–Crippen MR) is 103 cm³/mol. The Bertz CT molecular complexity index is 856. The van der Waals surface area contributed by atoms with Gasteiger partial charge in [-0.1, -0.05) is 0 Å². The molecule has 1 heterocycles. The van der Waals surface area contributed by atoms with Crippen molar-refractivity contribution in [1.29, 1.82) is 5.26 Å². The average molecular weight is 383 g/mol. The lowest BCUT2D eigenvalue weighted by Gasteiger charge is -2.32. The summed E-state index contributed by atoms with van der Waals surface area (Å²) >= 11 is 0. The van der Waals surface area contributed by atoms with E-state index in [9.17, 15) is 9.18 Å². The molecule has 1 N–H and O–H groups in total. The van der Waals surface area contributed by atoms with E-state index in [1.54, 1.807) is 12.0 Å². The summed E-state index contributed by atoms with van der Waals surface area (Å²) in [4.78, 5) is 14.0. The number of benzene rings is 2. The summed E-state index contributed by atoms with van der Waals surface area (Å²) in [5, 5.41) is 11.3. The zero-order chi connectivity index (χ0) is 19.9. The van der Waals surface area contributed by atoms with Crippen molar-refractivity contribution in [3.63, 3.8) is 0 Å². The van der Waals surface area contributed by atoms with E-state index in [0.717, 1.165) is 30.4 Å². The molecule has 2 aromatic rings. The average Bonchev–Trinajstić information content (AvgIpc) is 2.74. The lowest BCUT2D eigenvalue weighted by Crippen LogP contribution is -2.42. The van der Waals surface area contributed by atoms with E-state index in [-0.39, 0.29) is 17.3 Å². The van der Waals surface area contributed by atoms with Crippen LogP contribution in [0.25, 0.3) is 0 Å². The Morgan fingerprint density at radius 3 is 2.50 bits per heavy atom. The van der Waals surface area contributed by atoms with Gasteiger partial charge in [-0.15, -0.1) is 0 Å². The summed E-state index contributed by atoms with van der Waals surface area (Å²) in [5.74, 6) is 1.32. The zero-order valence-electron chi connectivity index (χ0n) is 15.7. The van der Waals surface area contributed by atoms with Crippen LogP contribution in [-0.2, 0) is 0 Å². The van der Waals surface area contributed by atoms with Gasteiger partial charge in [0.2, 0.25) is 0 Å². The molecular weight excluding hydrogens is 361 g/mol. The van der Waals surface area contributed by atoms with Gasteiger partial charge < -0.3 is 19.7 Å². The lowest BCUT2D eigenvalue weighted by molar-refractivity contribution is 0.152. The number of amides is 2. The third-order valence-electron chi connectivity index (χ3n) is 4.79. The maximum absolute atomic E-state index is 13.9. The fourth-order valence-electron chi connectivity index (χ4n) is 3.07. The standard InChI is InChI=1S/C21H22FN3O3/c1-27-17-3-5-18(6-4-17)28-14-15-8-10-25(11-9-15)21(26)24-20-7-2-16(13-23)12-19(20)22/h2-7,12,15H,8-11,14H2,1H3,(H,24,26). The lowest BCUT2D eigenvalue weighted by atomic mass is 9.98. The van der Waals surface area contributed by atoms with Crippen molar-refractivity contribution in [2.45, 2.75) is 12.8 Å². The first-order chi connectivity index (χ1) is 13.6. The van der Waals surface area contributed by atoms with E-state index in [1.165, 1.54) is 12.1 Å². The first-order valence-corrected chi connectivity index (χ1v) is 9.11. The molecule has 1 aliphatic rings. The number of nitrogens with zero attached hydrogens (tertiary/aromatic N) is 2. The van der Waals surface area contributed by atoms with E-state index in [1.807, 2.05) is 30.3 Å². The molecule has 0 bridgehead atoms. The van der Waals surface area contributed by atoms with Crippen molar-refractivity contribution in [2.24, 2.45) is 5.92 Å². The quantitative estimate of drug-likeness (QED) is 0.846. The Balaban J connectivity index is 1.45. The number of hydrogen-bond acceptors (Lipinski definition) is 4. The number of halogens is 1. The molecule has 2 amide bonds. The normalized spacial score (nSPS) is 14.2. The van der Waals surface area contributed by atoms with E-state index in [4.69, 9.17) is 14.7 Å². The van der Waals surface area contributed by atoms with Gasteiger partial charge in [-0.2, -0.15) is 5.26 Å². The van der Waals surface area contributed by atoms with E-state index >= 15 is 0 Å². The number of likely N-dealkylation sites (tertiary alicyclic amines) is 1. The molecule has 1 saturated heterocycles. The Morgan fingerprint density at radius 2 is 1.89 bits per heavy atom. The smallest absolute Gasteiger partial charge is 0.321 e. The summed E-state index contributed by atoms with van der Waals surface area (Å²) in [7, 11) is 1.62. The molecule has 7 heteroatoms.